The molecule has 0 aliphatic rings. The van der Waals surface area contributed by atoms with Gasteiger partial charge in [0.2, 0.25) is 0 Å². The minimum Gasteiger partial charge on any atom is -0.207 e. The van der Waals surface area contributed by atoms with Crippen LogP contribution in [0.15, 0.2) is 41.3 Å². The third kappa shape index (κ3) is 3.43. The summed E-state index contributed by atoms with van der Waals surface area (Å²) < 4.78 is 39.3. The zero-order valence-corrected chi connectivity index (χ0v) is 10.7. The highest BCUT2D eigenvalue weighted by Crippen LogP contribution is 2.26. The normalized spacial score (nSPS) is 10.7. The molecule has 2 rings (SSSR count). The number of halogens is 4. The third-order valence-electron chi connectivity index (χ3n) is 2.25. The molecule has 0 aliphatic carbocycles. The maximum absolute atomic E-state index is 13.5. The molecule has 2 aromatic rings. The van der Waals surface area contributed by atoms with Crippen molar-refractivity contribution in [2.24, 2.45) is 0 Å². The summed E-state index contributed by atoms with van der Waals surface area (Å²) >= 11 is 6.79. The van der Waals surface area contributed by atoms with Crippen molar-refractivity contribution in [1.82, 2.24) is 0 Å². The van der Waals surface area contributed by atoms with Crippen molar-refractivity contribution in [2.45, 2.75) is 10.6 Å². The van der Waals surface area contributed by atoms with Crippen molar-refractivity contribution >= 4 is 23.4 Å². The molecule has 0 unspecified atom stereocenters. The lowest BCUT2D eigenvalue weighted by Gasteiger charge is -2.04. The van der Waals surface area contributed by atoms with Crippen LogP contribution >= 0.6 is 23.4 Å². The first-order valence-corrected chi connectivity index (χ1v) is 6.44. The summed E-state index contributed by atoms with van der Waals surface area (Å²) in [5, 5.41) is 0.318. The van der Waals surface area contributed by atoms with Crippen LogP contribution < -0.4 is 0 Å². The van der Waals surface area contributed by atoms with Gasteiger partial charge in [-0.25, -0.2) is 13.2 Å². The van der Waals surface area contributed by atoms with Crippen LogP contribution in [0, 0.1) is 17.5 Å². The molecule has 2 aromatic carbocycles. The van der Waals surface area contributed by atoms with E-state index >= 15 is 0 Å². The van der Waals surface area contributed by atoms with E-state index in [0.29, 0.717) is 15.5 Å². The van der Waals surface area contributed by atoms with E-state index in [4.69, 9.17) is 11.6 Å². The van der Waals surface area contributed by atoms with Crippen LogP contribution in [-0.4, -0.2) is 0 Å². The van der Waals surface area contributed by atoms with Crippen molar-refractivity contribution in [3.8, 4) is 0 Å². The van der Waals surface area contributed by atoms with Gasteiger partial charge in [-0.05, 0) is 29.8 Å². The maximum Gasteiger partial charge on any atom is 0.128 e. The molecule has 0 radical (unpaired) electrons. The van der Waals surface area contributed by atoms with E-state index in [2.05, 4.69) is 0 Å². The van der Waals surface area contributed by atoms with Crippen molar-refractivity contribution in [1.29, 1.82) is 0 Å². The highest BCUT2D eigenvalue weighted by molar-refractivity contribution is 7.98. The van der Waals surface area contributed by atoms with Gasteiger partial charge in [0.15, 0.2) is 0 Å². The zero-order chi connectivity index (χ0) is 13.1. The van der Waals surface area contributed by atoms with E-state index in [0.717, 1.165) is 17.8 Å². The van der Waals surface area contributed by atoms with Crippen LogP contribution in [0.3, 0.4) is 0 Å². The molecule has 94 valence electrons. The van der Waals surface area contributed by atoms with E-state index in [9.17, 15) is 13.2 Å². The average molecular weight is 289 g/mol. The molecule has 0 N–H and O–H groups in total. The fourth-order valence-corrected chi connectivity index (χ4v) is 2.52. The molecule has 0 amide bonds. The lowest BCUT2D eigenvalue weighted by Crippen LogP contribution is -1.88. The molecule has 5 heteroatoms. The summed E-state index contributed by atoms with van der Waals surface area (Å²) in [6.45, 7) is 0. The smallest absolute Gasteiger partial charge is 0.128 e. The predicted molar refractivity (Wildman–Crippen MR) is 67.3 cm³/mol. The predicted octanol–water partition coefficient (Wildman–Crippen LogP) is 5.05. The summed E-state index contributed by atoms with van der Waals surface area (Å²) in [6, 6.07) is 7.56. The largest absolute Gasteiger partial charge is 0.207 e. The average Bonchev–Trinajstić information content (AvgIpc) is 2.26. The van der Waals surface area contributed by atoms with Gasteiger partial charge in [-0.3, -0.25) is 0 Å². The van der Waals surface area contributed by atoms with Gasteiger partial charge in [-0.15, -0.1) is 11.8 Å². The Morgan fingerprint density at radius 2 is 1.61 bits per heavy atom. The molecule has 0 saturated carbocycles. The van der Waals surface area contributed by atoms with Crippen LogP contribution in [0.4, 0.5) is 13.2 Å². The van der Waals surface area contributed by atoms with Crippen LogP contribution in [0.5, 0.6) is 0 Å². The number of hydrogen-bond acceptors (Lipinski definition) is 1. The third-order valence-corrected chi connectivity index (χ3v) is 3.50. The Balaban J connectivity index is 2.11. The molecule has 18 heavy (non-hydrogen) atoms. The van der Waals surface area contributed by atoms with Crippen LogP contribution in [0.25, 0.3) is 0 Å². The number of rotatable bonds is 3. The highest BCUT2D eigenvalue weighted by Gasteiger charge is 2.06. The Kier molecular flexibility index (Phi) is 4.19. The molecule has 0 fully saturated rings. The van der Waals surface area contributed by atoms with E-state index < -0.39 is 17.5 Å². The fraction of sp³-hybridized carbons (Fsp3) is 0.0769. The molecule has 0 aliphatic heterocycles. The summed E-state index contributed by atoms with van der Waals surface area (Å²) in [4.78, 5) is 0.418. The SMILES string of the molecule is Fc1cc(F)cc(SCc2ccc(Cl)cc2F)c1. The second-order valence-corrected chi connectivity index (χ2v) is 5.11. The molecule has 0 bridgehead atoms. The van der Waals surface area contributed by atoms with Gasteiger partial charge in [0, 0.05) is 21.7 Å². The molecule has 0 aromatic heterocycles. The van der Waals surface area contributed by atoms with Gasteiger partial charge in [0.25, 0.3) is 0 Å². The molecule has 0 saturated heterocycles. The van der Waals surface area contributed by atoms with E-state index in [1.807, 2.05) is 0 Å². The fourth-order valence-electron chi connectivity index (χ4n) is 1.41. The monoisotopic (exact) mass is 288 g/mol. The number of thioether (sulfide) groups is 1. The maximum atomic E-state index is 13.5. The topological polar surface area (TPSA) is 0 Å². The lowest BCUT2D eigenvalue weighted by molar-refractivity contribution is 0.577. The van der Waals surface area contributed by atoms with Crippen LogP contribution in [-0.2, 0) is 5.75 Å². The van der Waals surface area contributed by atoms with Gasteiger partial charge in [0.1, 0.15) is 17.5 Å². The van der Waals surface area contributed by atoms with E-state index in [-0.39, 0.29) is 5.75 Å². The Labute approximate surface area is 112 Å². The van der Waals surface area contributed by atoms with Gasteiger partial charge in [-0.2, -0.15) is 0 Å². The molecular weight excluding hydrogens is 281 g/mol. The number of benzene rings is 2. The standard InChI is InChI=1S/C13H8ClF3S/c14-9-2-1-8(13(17)3-9)7-18-12-5-10(15)4-11(16)6-12/h1-6H,7H2. The summed E-state index contributed by atoms with van der Waals surface area (Å²) in [5.74, 6) is -1.43. The second kappa shape index (κ2) is 5.67. The first-order chi connectivity index (χ1) is 8.54. The number of hydrogen-bond donors (Lipinski definition) is 0. The summed E-state index contributed by atoms with van der Waals surface area (Å²) in [5.41, 5.74) is 0.439. The lowest BCUT2D eigenvalue weighted by atomic mass is 10.2. The first-order valence-electron chi connectivity index (χ1n) is 5.07. The van der Waals surface area contributed by atoms with Crippen LogP contribution in [0.1, 0.15) is 5.56 Å². The van der Waals surface area contributed by atoms with E-state index in [1.165, 1.54) is 18.2 Å². The summed E-state index contributed by atoms with van der Waals surface area (Å²) in [7, 11) is 0. The van der Waals surface area contributed by atoms with Crippen molar-refractivity contribution in [2.75, 3.05) is 0 Å². The highest BCUT2D eigenvalue weighted by atomic mass is 35.5. The Bertz CT molecular complexity index is 552. The first kappa shape index (κ1) is 13.3. The van der Waals surface area contributed by atoms with Gasteiger partial charge in [-0.1, -0.05) is 17.7 Å². The van der Waals surface area contributed by atoms with Crippen molar-refractivity contribution in [3.63, 3.8) is 0 Å². The Morgan fingerprint density at radius 1 is 0.944 bits per heavy atom. The van der Waals surface area contributed by atoms with Gasteiger partial charge in [0.05, 0.1) is 0 Å². The Morgan fingerprint density at radius 3 is 2.22 bits per heavy atom. The quantitative estimate of drug-likeness (QED) is 0.712. The summed E-state index contributed by atoms with van der Waals surface area (Å²) in [6.07, 6.45) is 0. The minimum atomic E-state index is -0.644. The Hall–Kier alpha value is -1.13. The van der Waals surface area contributed by atoms with Crippen molar-refractivity contribution < 1.29 is 13.2 Å². The zero-order valence-electron chi connectivity index (χ0n) is 9.09. The van der Waals surface area contributed by atoms with Gasteiger partial charge < -0.3 is 0 Å². The molecule has 0 heterocycles. The van der Waals surface area contributed by atoms with Crippen molar-refractivity contribution in [3.05, 3.63) is 64.4 Å². The minimum absolute atomic E-state index is 0.284. The van der Waals surface area contributed by atoms with E-state index in [1.54, 1.807) is 12.1 Å². The molecule has 0 nitrogen and oxygen atoms in total. The second-order valence-electron chi connectivity index (χ2n) is 3.63. The molecule has 0 spiro atoms. The van der Waals surface area contributed by atoms with Gasteiger partial charge >= 0.3 is 0 Å². The molecule has 0 atom stereocenters. The molecular formula is C13H8ClF3S. The van der Waals surface area contributed by atoms with Crippen LogP contribution in [0.2, 0.25) is 5.02 Å².